The Morgan fingerprint density at radius 2 is 1.69 bits per heavy atom. The van der Waals surface area contributed by atoms with Gasteiger partial charge in [0.15, 0.2) is 0 Å². The minimum Gasteiger partial charge on any atom is -0.494 e. The molecule has 5 heteroatoms. The van der Waals surface area contributed by atoms with Gasteiger partial charge in [-0.05, 0) is 42.2 Å². The summed E-state index contributed by atoms with van der Waals surface area (Å²) in [6.45, 7) is 4.91. The summed E-state index contributed by atoms with van der Waals surface area (Å²) < 4.78 is 5.65. The average molecular weight is 355 g/mol. The molecule has 0 aliphatic carbocycles. The lowest BCUT2D eigenvalue weighted by Gasteiger charge is -2.17. The van der Waals surface area contributed by atoms with Gasteiger partial charge in [0.1, 0.15) is 5.75 Å². The van der Waals surface area contributed by atoms with Gasteiger partial charge < -0.3 is 15.2 Å². The van der Waals surface area contributed by atoms with Crippen molar-refractivity contribution in [3.05, 3.63) is 65.7 Å². The van der Waals surface area contributed by atoms with Crippen LogP contribution in [0.3, 0.4) is 0 Å². The molecule has 0 heterocycles. The van der Waals surface area contributed by atoms with Gasteiger partial charge in [0.2, 0.25) is 0 Å². The van der Waals surface area contributed by atoms with E-state index in [4.69, 9.17) is 9.84 Å². The Morgan fingerprint density at radius 3 is 2.27 bits per heavy atom. The van der Waals surface area contributed by atoms with Crippen molar-refractivity contribution in [2.75, 3.05) is 6.61 Å². The molecule has 2 aromatic carbocycles. The van der Waals surface area contributed by atoms with E-state index < -0.39 is 12.0 Å². The molecule has 0 spiro atoms. The summed E-state index contributed by atoms with van der Waals surface area (Å²) in [7, 11) is 0. The normalized spacial score (nSPS) is 11.8. The highest BCUT2D eigenvalue weighted by atomic mass is 16.5. The molecular formula is C21H25NO4. The third-order valence-corrected chi connectivity index (χ3v) is 3.97. The summed E-state index contributed by atoms with van der Waals surface area (Å²) in [6.07, 6.45) is 0.794. The number of nitrogens with one attached hydrogen (secondary N) is 1. The van der Waals surface area contributed by atoms with Crippen molar-refractivity contribution in [3.63, 3.8) is 0 Å². The molecule has 2 rings (SSSR count). The van der Waals surface area contributed by atoms with Crippen LogP contribution >= 0.6 is 0 Å². The fourth-order valence-electron chi connectivity index (χ4n) is 2.47. The minimum atomic E-state index is -0.965. The zero-order valence-electron chi connectivity index (χ0n) is 15.1. The van der Waals surface area contributed by atoms with Crippen molar-refractivity contribution in [1.82, 2.24) is 5.32 Å². The highest BCUT2D eigenvalue weighted by molar-refractivity contribution is 5.94. The van der Waals surface area contributed by atoms with Crippen LogP contribution in [-0.4, -0.2) is 23.6 Å². The molecule has 138 valence electrons. The van der Waals surface area contributed by atoms with Crippen LogP contribution in [0.2, 0.25) is 0 Å². The van der Waals surface area contributed by atoms with E-state index in [2.05, 4.69) is 19.2 Å². The van der Waals surface area contributed by atoms with Crippen LogP contribution in [0.5, 0.6) is 5.75 Å². The quantitative estimate of drug-likeness (QED) is 0.711. The van der Waals surface area contributed by atoms with Crippen LogP contribution in [-0.2, 0) is 4.79 Å². The molecule has 0 aliphatic rings. The molecule has 26 heavy (non-hydrogen) atoms. The maximum absolute atomic E-state index is 12.5. The van der Waals surface area contributed by atoms with E-state index in [0.717, 1.165) is 12.0 Å². The minimum absolute atomic E-state index is 0.174. The Kier molecular flexibility index (Phi) is 7.21. The van der Waals surface area contributed by atoms with Crippen LogP contribution in [0.4, 0.5) is 0 Å². The van der Waals surface area contributed by atoms with Crippen LogP contribution < -0.4 is 10.1 Å². The Balaban J connectivity index is 2.01. The summed E-state index contributed by atoms with van der Waals surface area (Å²) in [5.41, 5.74) is 1.23. The largest absolute Gasteiger partial charge is 0.494 e. The molecule has 0 unspecified atom stereocenters. The maximum Gasteiger partial charge on any atom is 0.305 e. The number of carboxylic acids is 1. The van der Waals surface area contributed by atoms with Gasteiger partial charge in [-0.25, -0.2) is 0 Å². The smallest absolute Gasteiger partial charge is 0.305 e. The van der Waals surface area contributed by atoms with Crippen molar-refractivity contribution in [1.29, 1.82) is 0 Å². The molecule has 2 N–H and O–H groups in total. The van der Waals surface area contributed by atoms with Crippen LogP contribution in [0.15, 0.2) is 54.6 Å². The van der Waals surface area contributed by atoms with Crippen LogP contribution in [0, 0.1) is 5.92 Å². The van der Waals surface area contributed by atoms with Crippen molar-refractivity contribution < 1.29 is 19.4 Å². The van der Waals surface area contributed by atoms with E-state index in [-0.39, 0.29) is 12.3 Å². The first kappa shape index (κ1) is 19.5. The predicted molar refractivity (Wildman–Crippen MR) is 100 cm³/mol. The van der Waals surface area contributed by atoms with E-state index in [1.165, 1.54) is 0 Å². The number of carbonyl (C=O) groups is 2. The number of carbonyl (C=O) groups excluding carboxylic acids is 1. The molecule has 2 aromatic rings. The zero-order valence-corrected chi connectivity index (χ0v) is 15.1. The topological polar surface area (TPSA) is 75.6 Å². The summed E-state index contributed by atoms with van der Waals surface area (Å²) in [6, 6.07) is 15.4. The second-order valence-corrected chi connectivity index (χ2v) is 6.59. The SMILES string of the molecule is CC(C)CCOc1ccc(C(=O)N[C@H](CC(=O)O)c2ccccc2)cc1. The second kappa shape index (κ2) is 9.61. The van der Waals surface area contributed by atoms with Gasteiger partial charge in [0.05, 0.1) is 19.1 Å². The Morgan fingerprint density at radius 1 is 1.04 bits per heavy atom. The lowest BCUT2D eigenvalue weighted by Crippen LogP contribution is -2.30. The third kappa shape index (κ3) is 6.24. The molecule has 0 radical (unpaired) electrons. The molecular weight excluding hydrogens is 330 g/mol. The molecule has 5 nitrogen and oxygen atoms in total. The predicted octanol–water partition coefficient (Wildman–Crippen LogP) is 4.06. The van der Waals surface area contributed by atoms with Crippen molar-refractivity contribution in [3.8, 4) is 5.75 Å². The van der Waals surface area contributed by atoms with E-state index in [1.54, 1.807) is 36.4 Å². The molecule has 1 amide bonds. The van der Waals surface area contributed by atoms with Gasteiger partial charge in [-0.3, -0.25) is 9.59 Å². The summed E-state index contributed by atoms with van der Waals surface area (Å²) in [5.74, 6) is 0.0124. The Hall–Kier alpha value is -2.82. The first-order valence-corrected chi connectivity index (χ1v) is 8.76. The average Bonchev–Trinajstić information content (AvgIpc) is 2.62. The number of carboxylic acid groups (broad SMARTS) is 1. The molecule has 1 atom stereocenters. The van der Waals surface area contributed by atoms with E-state index in [1.807, 2.05) is 18.2 Å². The van der Waals surface area contributed by atoms with Crippen LogP contribution in [0.25, 0.3) is 0 Å². The number of ether oxygens (including phenoxy) is 1. The van der Waals surface area contributed by atoms with Gasteiger partial charge in [0.25, 0.3) is 5.91 Å². The first-order valence-electron chi connectivity index (χ1n) is 8.76. The monoisotopic (exact) mass is 355 g/mol. The van der Waals surface area contributed by atoms with Crippen molar-refractivity contribution in [2.45, 2.75) is 32.7 Å². The van der Waals surface area contributed by atoms with E-state index >= 15 is 0 Å². The molecule has 0 saturated heterocycles. The van der Waals surface area contributed by atoms with Gasteiger partial charge >= 0.3 is 5.97 Å². The molecule has 0 saturated carbocycles. The standard InChI is InChI=1S/C21H25NO4/c1-15(2)12-13-26-18-10-8-17(9-11-18)21(25)22-19(14-20(23)24)16-6-4-3-5-7-16/h3-11,15,19H,12-14H2,1-2H3,(H,22,25)(H,23,24)/t19-/m1/s1. The highest BCUT2D eigenvalue weighted by Crippen LogP contribution is 2.18. The van der Waals surface area contributed by atoms with E-state index in [0.29, 0.717) is 23.8 Å². The number of benzene rings is 2. The lowest BCUT2D eigenvalue weighted by atomic mass is 10.0. The van der Waals surface area contributed by atoms with Gasteiger partial charge in [-0.2, -0.15) is 0 Å². The Labute approximate surface area is 154 Å². The lowest BCUT2D eigenvalue weighted by molar-refractivity contribution is -0.137. The van der Waals surface area contributed by atoms with Crippen molar-refractivity contribution in [2.24, 2.45) is 5.92 Å². The van der Waals surface area contributed by atoms with E-state index in [9.17, 15) is 9.59 Å². The van der Waals surface area contributed by atoms with Crippen molar-refractivity contribution >= 4 is 11.9 Å². The summed E-state index contributed by atoms with van der Waals surface area (Å²) in [4.78, 5) is 23.6. The fraction of sp³-hybridized carbons (Fsp3) is 0.333. The number of hydrogen-bond donors (Lipinski definition) is 2. The second-order valence-electron chi connectivity index (χ2n) is 6.59. The molecule has 0 fully saturated rings. The number of rotatable bonds is 9. The van der Waals surface area contributed by atoms with Gasteiger partial charge in [-0.1, -0.05) is 44.2 Å². The highest BCUT2D eigenvalue weighted by Gasteiger charge is 2.18. The number of aliphatic carboxylic acids is 1. The molecule has 0 aromatic heterocycles. The summed E-state index contributed by atoms with van der Waals surface area (Å²) >= 11 is 0. The zero-order chi connectivity index (χ0) is 18.9. The molecule has 0 aliphatic heterocycles. The van der Waals surface area contributed by atoms with Gasteiger partial charge in [0, 0.05) is 5.56 Å². The molecule has 0 bridgehead atoms. The Bertz CT molecular complexity index is 711. The number of hydrogen-bond acceptors (Lipinski definition) is 3. The fourth-order valence-corrected chi connectivity index (χ4v) is 2.47. The van der Waals surface area contributed by atoms with Gasteiger partial charge in [-0.15, -0.1) is 0 Å². The summed E-state index contributed by atoms with van der Waals surface area (Å²) in [5, 5.41) is 11.9. The number of amides is 1. The first-order chi connectivity index (χ1) is 12.5. The van der Waals surface area contributed by atoms with Crippen LogP contribution in [0.1, 0.15) is 48.7 Å². The maximum atomic E-state index is 12.5. The third-order valence-electron chi connectivity index (χ3n) is 3.97.